The maximum absolute atomic E-state index is 6.01. The van der Waals surface area contributed by atoms with Crippen molar-refractivity contribution >= 4 is 22.7 Å². The molecule has 0 atom stereocenters. The van der Waals surface area contributed by atoms with E-state index in [9.17, 15) is 0 Å². The lowest BCUT2D eigenvalue weighted by atomic mass is 10.3. The van der Waals surface area contributed by atoms with Gasteiger partial charge in [-0.25, -0.2) is 0 Å². The normalized spacial score (nSPS) is 19.7. The smallest absolute Gasteiger partial charge is 0.0701 e. The van der Waals surface area contributed by atoms with Crippen LogP contribution in [-0.2, 0) is 27.3 Å². The highest BCUT2D eigenvalue weighted by Crippen LogP contribution is 2.18. The molecule has 0 radical (unpaired) electrons. The molecule has 0 spiro atoms. The summed E-state index contributed by atoms with van der Waals surface area (Å²) in [5.41, 5.74) is 2.75. The van der Waals surface area contributed by atoms with Gasteiger partial charge in [-0.05, 0) is 47.9 Å². The van der Waals surface area contributed by atoms with Gasteiger partial charge in [0.2, 0.25) is 0 Å². The zero-order valence-corrected chi connectivity index (χ0v) is 19.4. The number of hydrogen-bond acceptors (Lipinski definition) is 7. The molecule has 3 rings (SSSR count). The van der Waals surface area contributed by atoms with Gasteiger partial charge < -0.3 is 14.2 Å². The van der Waals surface area contributed by atoms with Gasteiger partial charge in [0.25, 0.3) is 0 Å². The van der Waals surface area contributed by atoms with Crippen LogP contribution in [0.1, 0.15) is 20.9 Å². The molecule has 1 fully saturated rings. The zero-order chi connectivity index (χ0) is 20.3. The maximum atomic E-state index is 6.01. The Kier molecular flexibility index (Phi) is 10.1. The minimum Gasteiger partial charge on any atom is -0.379 e. The number of aryl methyl sites for hydroxylation is 2. The Morgan fingerprint density at radius 2 is 1.03 bits per heavy atom. The predicted octanol–water partition coefficient (Wildman–Crippen LogP) is 3.79. The molecule has 2 aromatic heterocycles. The number of ether oxygens (including phenoxy) is 3. The minimum atomic E-state index is 0.659. The molecule has 3 heterocycles. The average Bonchev–Trinajstić information content (AvgIpc) is 3.30. The van der Waals surface area contributed by atoms with Crippen molar-refractivity contribution in [2.75, 3.05) is 65.8 Å². The lowest BCUT2D eigenvalue weighted by molar-refractivity contribution is 0.0312. The molecule has 7 heteroatoms. The SMILES string of the molecule is Cc1ccsc1CN1CCOCCOCCN(Cc2sccc2C)CCOCC1. The van der Waals surface area contributed by atoms with Gasteiger partial charge in [-0.3, -0.25) is 9.80 Å². The summed E-state index contributed by atoms with van der Waals surface area (Å²) < 4.78 is 17.6. The first kappa shape index (κ1) is 22.9. The van der Waals surface area contributed by atoms with Gasteiger partial charge >= 0.3 is 0 Å². The first-order valence-corrected chi connectivity index (χ1v) is 12.2. The van der Waals surface area contributed by atoms with Crippen LogP contribution >= 0.6 is 22.7 Å². The van der Waals surface area contributed by atoms with Gasteiger partial charge in [0.05, 0.1) is 39.6 Å². The molecule has 0 unspecified atom stereocenters. The first-order valence-electron chi connectivity index (χ1n) is 10.5. The van der Waals surface area contributed by atoms with Crippen molar-refractivity contribution in [1.29, 1.82) is 0 Å². The van der Waals surface area contributed by atoms with Crippen LogP contribution in [0.15, 0.2) is 22.9 Å². The van der Waals surface area contributed by atoms with Gasteiger partial charge in [-0.2, -0.15) is 0 Å². The van der Waals surface area contributed by atoms with E-state index in [1.807, 2.05) is 22.7 Å². The molecular formula is C22H34N2O3S2. The number of nitrogens with zero attached hydrogens (tertiary/aromatic N) is 2. The Labute approximate surface area is 183 Å². The molecule has 1 aliphatic heterocycles. The first-order chi connectivity index (χ1) is 14.2. The highest BCUT2D eigenvalue weighted by molar-refractivity contribution is 7.10. The Balaban J connectivity index is 1.51. The van der Waals surface area contributed by atoms with Crippen molar-refractivity contribution in [3.63, 3.8) is 0 Å². The van der Waals surface area contributed by atoms with Crippen LogP contribution < -0.4 is 0 Å². The third-order valence-corrected chi connectivity index (χ3v) is 7.27. The molecule has 0 bridgehead atoms. The summed E-state index contributed by atoms with van der Waals surface area (Å²) in [6.07, 6.45) is 0. The monoisotopic (exact) mass is 438 g/mol. The van der Waals surface area contributed by atoms with Gasteiger partial charge in [0.15, 0.2) is 0 Å². The molecule has 29 heavy (non-hydrogen) atoms. The van der Waals surface area contributed by atoms with Crippen molar-refractivity contribution in [2.45, 2.75) is 26.9 Å². The van der Waals surface area contributed by atoms with Crippen LogP contribution in [0, 0.1) is 13.8 Å². The fraction of sp³-hybridized carbons (Fsp3) is 0.636. The van der Waals surface area contributed by atoms with Gasteiger partial charge in [0, 0.05) is 49.0 Å². The fourth-order valence-corrected chi connectivity index (χ4v) is 5.17. The second-order valence-corrected chi connectivity index (χ2v) is 9.44. The van der Waals surface area contributed by atoms with E-state index in [1.54, 1.807) is 0 Å². The van der Waals surface area contributed by atoms with E-state index in [0.29, 0.717) is 13.2 Å². The Bertz CT molecular complexity index is 646. The average molecular weight is 439 g/mol. The molecule has 1 aliphatic rings. The van der Waals surface area contributed by atoms with Crippen molar-refractivity contribution in [1.82, 2.24) is 9.80 Å². The van der Waals surface area contributed by atoms with Crippen LogP contribution in [0.2, 0.25) is 0 Å². The molecule has 1 saturated heterocycles. The van der Waals surface area contributed by atoms with Crippen molar-refractivity contribution in [2.24, 2.45) is 0 Å². The van der Waals surface area contributed by atoms with Crippen molar-refractivity contribution in [3.05, 3.63) is 43.8 Å². The standard InChI is InChI=1S/C22H34N2O3S2/c1-19-3-15-28-21(19)17-23-5-9-25-10-6-24(18-22-20(2)4-16-29-22)8-12-27-14-13-26-11-7-23/h3-4,15-16H,5-14,17-18H2,1-2H3. The molecule has 5 nitrogen and oxygen atoms in total. The lowest BCUT2D eigenvalue weighted by Gasteiger charge is -2.23. The lowest BCUT2D eigenvalue weighted by Crippen LogP contribution is -2.32. The highest BCUT2D eigenvalue weighted by atomic mass is 32.1. The summed E-state index contributed by atoms with van der Waals surface area (Å²) in [5.74, 6) is 0. The Morgan fingerprint density at radius 1 is 0.655 bits per heavy atom. The van der Waals surface area contributed by atoms with Crippen molar-refractivity contribution in [3.8, 4) is 0 Å². The molecular weight excluding hydrogens is 404 g/mol. The largest absolute Gasteiger partial charge is 0.379 e. The zero-order valence-electron chi connectivity index (χ0n) is 17.7. The van der Waals surface area contributed by atoms with E-state index in [0.717, 1.165) is 65.7 Å². The van der Waals surface area contributed by atoms with E-state index in [4.69, 9.17) is 14.2 Å². The van der Waals surface area contributed by atoms with E-state index < -0.39 is 0 Å². The topological polar surface area (TPSA) is 34.2 Å². The molecule has 0 N–H and O–H groups in total. The molecule has 0 amide bonds. The van der Waals surface area contributed by atoms with E-state index in [-0.39, 0.29) is 0 Å². The van der Waals surface area contributed by atoms with Crippen LogP contribution in [0.25, 0.3) is 0 Å². The van der Waals surface area contributed by atoms with E-state index >= 15 is 0 Å². The number of thiophene rings is 2. The number of rotatable bonds is 4. The van der Waals surface area contributed by atoms with E-state index in [1.165, 1.54) is 20.9 Å². The van der Waals surface area contributed by atoms with Gasteiger partial charge in [0.1, 0.15) is 0 Å². The second kappa shape index (κ2) is 12.8. The third kappa shape index (κ3) is 8.09. The molecule has 0 aliphatic carbocycles. The quantitative estimate of drug-likeness (QED) is 0.725. The number of hydrogen-bond donors (Lipinski definition) is 0. The van der Waals surface area contributed by atoms with Crippen LogP contribution in [0.3, 0.4) is 0 Å². The maximum Gasteiger partial charge on any atom is 0.0701 e. The third-order valence-electron chi connectivity index (χ3n) is 5.25. The molecule has 162 valence electrons. The molecule has 0 aromatic carbocycles. The van der Waals surface area contributed by atoms with Crippen LogP contribution in [-0.4, -0.2) is 75.6 Å². The van der Waals surface area contributed by atoms with E-state index in [2.05, 4.69) is 46.5 Å². The predicted molar refractivity (Wildman–Crippen MR) is 121 cm³/mol. The highest BCUT2D eigenvalue weighted by Gasteiger charge is 2.12. The van der Waals surface area contributed by atoms with Crippen LogP contribution in [0.4, 0.5) is 0 Å². The van der Waals surface area contributed by atoms with Gasteiger partial charge in [-0.1, -0.05) is 0 Å². The summed E-state index contributed by atoms with van der Waals surface area (Å²) in [6.45, 7) is 14.3. The van der Waals surface area contributed by atoms with Gasteiger partial charge in [-0.15, -0.1) is 22.7 Å². The van der Waals surface area contributed by atoms with Crippen molar-refractivity contribution < 1.29 is 14.2 Å². The second-order valence-electron chi connectivity index (χ2n) is 7.44. The minimum absolute atomic E-state index is 0.659. The fourth-order valence-electron chi connectivity index (χ4n) is 3.28. The molecule has 2 aromatic rings. The summed E-state index contributed by atoms with van der Waals surface area (Å²) in [7, 11) is 0. The summed E-state index contributed by atoms with van der Waals surface area (Å²) in [4.78, 5) is 7.74. The summed E-state index contributed by atoms with van der Waals surface area (Å²) in [6, 6.07) is 4.39. The Morgan fingerprint density at radius 3 is 1.38 bits per heavy atom. The van der Waals surface area contributed by atoms with Crippen LogP contribution in [0.5, 0.6) is 0 Å². The summed E-state index contributed by atoms with van der Waals surface area (Å²) >= 11 is 3.67. The Hall–Kier alpha value is -0.800. The summed E-state index contributed by atoms with van der Waals surface area (Å²) in [5, 5.41) is 4.35. The molecule has 0 saturated carbocycles.